The van der Waals surface area contributed by atoms with Crippen LogP contribution in [0.4, 0.5) is 5.69 Å². The molecule has 3 aromatic carbocycles. The summed E-state index contributed by atoms with van der Waals surface area (Å²) in [7, 11) is 1.98. The number of benzene rings is 3. The standard InChI is InChI=1S/C24H21ClN4O2/c1-15(26-24(31)18-7-3-4-8-19(18)25)23(30)27-17-13-11-16(12-14-17)22-28-20-9-5-6-10-21(20)29(22)2/h3-15H,1-2H3,(H,26,31)(H,27,30). The maximum absolute atomic E-state index is 12.5. The van der Waals surface area contributed by atoms with Crippen molar-refractivity contribution in [1.82, 2.24) is 14.9 Å². The maximum atomic E-state index is 12.5. The van der Waals surface area contributed by atoms with E-state index in [1.807, 2.05) is 60.1 Å². The van der Waals surface area contributed by atoms with Gasteiger partial charge in [-0.2, -0.15) is 0 Å². The highest BCUT2D eigenvalue weighted by atomic mass is 35.5. The van der Waals surface area contributed by atoms with Gasteiger partial charge in [-0.05, 0) is 55.5 Å². The Hall–Kier alpha value is -3.64. The Balaban J connectivity index is 1.43. The molecule has 0 radical (unpaired) electrons. The van der Waals surface area contributed by atoms with Crippen molar-refractivity contribution in [2.45, 2.75) is 13.0 Å². The molecule has 1 heterocycles. The summed E-state index contributed by atoms with van der Waals surface area (Å²) in [6.07, 6.45) is 0. The molecule has 0 bridgehead atoms. The molecule has 0 aliphatic carbocycles. The molecule has 2 amide bonds. The predicted molar refractivity (Wildman–Crippen MR) is 123 cm³/mol. The van der Waals surface area contributed by atoms with Gasteiger partial charge in [0.05, 0.1) is 21.6 Å². The van der Waals surface area contributed by atoms with Crippen molar-refractivity contribution in [3.05, 3.63) is 83.4 Å². The van der Waals surface area contributed by atoms with Gasteiger partial charge in [0, 0.05) is 18.3 Å². The van der Waals surface area contributed by atoms with Crippen LogP contribution in [0.5, 0.6) is 0 Å². The zero-order chi connectivity index (χ0) is 22.0. The van der Waals surface area contributed by atoms with E-state index in [1.165, 1.54) is 0 Å². The first kappa shape index (κ1) is 20.6. The first-order chi connectivity index (χ1) is 14.9. The number of aromatic nitrogens is 2. The molecule has 4 aromatic rings. The number of anilines is 1. The van der Waals surface area contributed by atoms with Crippen molar-refractivity contribution in [2.24, 2.45) is 7.05 Å². The number of rotatable bonds is 5. The van der Waals surface area contributed by atoms with E-state index in [-0.39, 0.29) is 5.91 Å². The van der Waals surface area contributed by atoms with E-state index < -0.39 is 11.9 Å². The van der Waals surface area contributed by atoms with Crippen molar-refractivity contribution >= 4 is 40.1 Å². The molecule has 2 N–H and O–H groups in total. The Labute approximate surface area is 184 Å². The fourth-order valence-electron chi connectivity index (χ4n) is 3.34. The molecule has 7 heteroatoms. The van der Waals surface area contributed by atoms with Crippen molar-refractivity contribution in [1.29, 1.82) is 0 Å². The summed E-state index contributed by atoms with van der Waals surface area (Å²) < 4.78 is 2.04. The molecule has 31 heavy (non-hydrogen) atoms. The van der Waals surface area contributed by atoms with Gasteiger partial charge in [0.25, 0.3) is 5.91 Å². The van der Waals surface area contributed by atoms with Crippen LogP contribution in [-0.4, -0.2) is 27.4 Å². The first-order valence-electron chi connectivity index (χ1n) is 9.82. The third-order valence-corrected chi connectivity index (χ3v) is 5.39. The van der Waals surface area contributed by atoms with Gasteiger partial charge in [0.1, 0.15) is 11.9 Å². The summed E-state index contributed by atoms with van der Waals surface area (Å²) in [4.78, 5) is 29.6. The summed E-state index contributed by atoms with van der Waals surface area (Å²) in [5.41, 5.74) is 3.89. The normalized spacial score (nSPS) is 11.8. The lowest BCUT2D eigenvalue weighted by Gasteiger charge is -2.15. The van der Waals surface area contributed by atoms with Gasteiger partial charge >= 0.3 is 0 Å². The van der Waals surface area contributed by atoms with Crippen molar-refractivity contribution < 1.29 is 9.59 Å². The second-order valence-electron chi connectivity index (χ2n) is 7.22. The minimum absolute atomic E-state index is 0.323. The molecule has 4 rings (SSSR count). The average molecular weight is 433 g/mol. The topological polar surface area (TPSA) is 76.0 Å². The highest BCUT2D eigenvalue weighted by Crippen LogP contribution is 2.24. The highest BCUT2D eigenvalue weighted by Gasteiger charge is 2.18. The number of hydrogen-bond donors (Lipinski definition) is 2. The van der Waals surface area contributed by atoms with Crippen LogP contribution in [0, 0.1) is 0 Å². The maximum Gasteiger partial charge on any atom is 0.253 e. The van der Waals surface area contributed by atoms with Crippen molar-refractivity contribution in [3.8, 4) is 11.4 Å². The lowest BCUT2D eigenvalue weighted by Crippen LogP contribution is -2.41. The zero-order valence-corrected chi connectivity index (χ0v) is 17.9. The van der Waals surface area contributed by atoms with Crippen LogP contribution in [0.25, 0.3) is 22.4 Å². The number of nitrogens with zero attached hydrogens (tertiary/aromatic N) is 2. The molecule has 1 unspecified atom stereocenters. The molecule has 0 aliphatic rings. The second-order valence-corrected chi connectivity index (χ2v) is 7.63. The van der Waals surface area contributed by atoms with Crippen LogP contribution in [0.15, 0.2) is 72.8 Å². The number of carbonyl (C=O) groups excluding carboxylic acids is 2. The van der Waals surface area contributed by atoms with E-state index >= 15 is 0 Å². The predicted octanol–water partition coefficient (Wildman–Crippen LogP) is 4.65. The average Bonchev–Trinajstić information content (AvgIpc) is 3.11. The van der Waals surface area contributed by atoms with Gasteiger partial charge in [0.2, 0.25) is 5.91 Å². The molecular weight excluding hydrogens is 412 g/mol. The van der Waals surface area contributed by atoms with Crippen LogP contribution < -0.4 is 10.6 Å². The van der Waals surface area contributed by atoms with Crippen LogP contribution in [0.3, 0.4) is 0 Å². The van der Waals surface area contributed by atoms with Crippen molar-refractivity contribution in [3.63, 3.8) is 0 Å². The fraction of sp³-hybridized carbons (Fsp3) is 0.125. The molecular formula is C24H21ClN4O2. The molecule has 0 saturated heterocycles. The Kier molecular flexibility index (Phi) is 5.73. The first-order valence-corrected chi connectivity index (χ1v) is 10.2. The van der Waals surface area contributed by atoms with Crippen molar-refractivity contribution in [2.75, 3.05) is 5.32 Å². The highest BCUT2D eigenvalue weighted by molar-refractivity contribution is 6.33. The lowest BCUT2D eigenvalue weighted by atomic mass is 10.1. The third kappa shape index (κ3) is 4.29. The monoisotopic (exact) mass is 432 g/mol. The minimum Gasteiger partial charge on any atom is -0.340 e. The second kappa shape index (κ2) is 8.62. The Morgan fingerprint density at radius 1 is 0.968 bits per heavy atom. The molecule has 0 saturated carbocycles. The summed E-state index contributed by atoms with van der Waals surface area (Å²) in [6.45, 7) is 1.62. The Morgan fingerprint density at radius 2 is 1.65 bits per heavy atom. The number of hydrogen-bond acceptors (Lipinski definition) is 3. The fourth-order valence-corrected chi connectivity index (χ4v) is 3.56. The summed E-state index contributed by atoms with van der Waals surface area (Å²) in [5.74, 6) is 0.126. The van der Waals surface area contributed by atoms with E-state index in [0.717, 1.165) is 22.4 Å². The number of amides is 2. The minimum atomic E-state index is -0.733. The van der Waals surface area contributed by atoms with E-state index in [0.29, 0.717) is 16.3 Å². The van der Waals surface area contributed by atoms with E-state index in [2.05, 4.69) is 15.6 Å². The molecule has 1 aromatic heterocycles. The molecule has 0 fully saturated rings. The number of imidazole rings is 1. The quantitative estimate of drug-likeness (QED) is 0.482. The SMILES string of the molecule is CC(NC(=O)c1ccccc1Cl)C(=O)Nc1ccc(-c2nc3ccccc3n2C)cc1. The van der Waals surface area contributed by atoms with Gasteiger partial charge in [-0.3, -0.25) is 9.59 Å². The number of aryl methyl sites for hydroxylation is 1. The van der Waals surface area contributed by atoms with Gasteiger partial charge < -0.3 is 15.2 Å². The van der Waals surface area contributed by atoms with Gasteiger partial charge in [0.15, 0.2) is 0 Å². The van der Waals surface area contributed by atoms with Crippen LogP contribution >= 0.6 is 11.6 Å². The number of para-hydroxylation sites is 2. The van der Waals surface area contributed by atoms with Gasteiger partial charge in [-0.1, -0.05) is 35.9 Å². The molecule has 0 spiro atoms. The molecule has 156 valence electrons. The van der Waals surface area contributed by atoms with E-state index in [9.17, 15) is 9.59 Å². The van der Waals surface area contributed by atoms with E-state index in [1.54, 1.807) is 31.2 Å². The Bertz CT molecular complexity index is 1260. The summed E-state index contributed by atoms with van der Waals surface area (Å²) in [6, 6.07) is 21.4. The lowest BCUT2D eigenvalue weighted by molar-refractivity contribution is -0.117. The molecule has 1 atom stereocenters. The van der Waals surface area contributed by atoms with Gasteiger partial charge in [-0.25, -0.2) is 4.98 Å². The number of nitrogens with one attached hydrogen (secondary N) is 2. The molecule has 0 aliphatic heterocycles. The number of carbonyl (C=O) groups is 2. The van der Waals surface area contributed by atoms with Gasteiger partial charge in [-0.15, -0.1) is 0 Å². The third-order valence-electron chi connectivity index (χ3n) is 5.06. The van der Waals surface area contributed by atoms with Crippen LogP contribution in [-0.2, 0) is 11.8 Å². The number of fused-ring (bicyclic) bond motifs is 1. The van der Waals surface area contributed by atoms with Crippen LogP contribution in [0.1, 0.15) is 17.3 Å². The molecule has 6 nitrogen and oxygen atoms in total. The van der Waals surface area contributed by atoms with E-state index in [4.69, 9.17) is 11.6 Å². The Morgan fingerprint density at radius 3 is 2.35 bits per heavy atom. The smallest absolute Gasteiger partial charge is 0.253 e. The number of halogens is 1. The zero-order valence-electron chi connectivity index (χ0n) is 17.1. The van der Waals surface area contributed by atoms with Crippen LogP contribution in [0.2, 0.25) is 5.02 Å². The largest absolute Gasteiger partial charge is 0.340 e. The summed E-state index contributed by atoms with van der Waals surface area (Å²) in [5, 5.41) is 5.83. The summed E-state index contributed by atoms with van der Waals surface area (Å²) >= 11 is 6.05.